The zero-order valence-corrected chi connectivity index (χ0v) is 11.9. The molecule has 1 heterocycles. The van der Waals surface area contributed by atoms with Crippen molar-refractivity contribution in [2.24, 2.45) is 5.73 Å². The fourth-order valence-corrected chi connectivity index (χ4v) is 3.06. The van der Waals surface area contributed by atoms with Crippen LogP contribution in [0, 0.1) is 0 Å². The molecule has 0 bridgehead atoms. The van der Waals surface area contributed by atoms with Crippen molar-refractivity contribution < 1.29 is 0 Å². The van der Waals surface area contributed by atoms with E-state index in [1.807, 2.05) is 0 Å². The van der Waals surface area contributed by atoms with E-state index in [2.05, 4.69) is 53.4 Å². The van der Waals surface area contributed by atoms with Gasteiger partial charge in [-0.25, -0.2) is 0 Å². The highest BCUT2D eigenvalue weighted by atomic mass is 15.1. The molecule has 0 aromatic heterocycles. The van der Waals surface area contributed by atoms with Crippen molar-refractivity contribution in [3.63, 3.8) is 0 Å². The lowest BCUT2D eigenvalue weighted by atomic mass is 10.0. The van der Waals surface area contributed by atoms with E-state index in [9.17, 15) is 0 Å². The molecule has 2 aromatic carbocycles. The molecule has 0 amide bonds. The van der Waals surface area contributed by atoms with Crippen molar-refractivity contribution in [2.45, 2.75) is 32.5 Å². The minimum Gasteiger partial charge on any atom is -0.326 e. The molecule has 2 heteroatoms. The number of aryl methyl sites for hydroxylation is 1. The van der Waals surface area contributed by atoms with Gasteiger partial charge in [0, 0.05) is 19.6 Å². The van der Waals surface area contributed by atoms with Crippen LogP contribution in [0.25, 0.3) is 0 Å². The van der Waals surface area contributed by atoms with Gasteiger partial charge in [-0.3, -0.25) is 4.90 Å². The van der Waals surface area contributed by atoms with Crippen molar-refractivity contribution >= 4 is 0 Å². The van der Waals surface area contributed by atoms with Gasteiger partial charge in [-0.05, 0) is 41.6 Å². The Morgan fingerprint density at radius 2 is 1.60 bits per heavy atom. The van der Waals surface area contributed by atoms with E-state index in [0.717, 1.165) is 19.6 Å². The lowest BCUT2D eigenvalue weighted by Crippen LogP contribution is -2.23. The number of hydrogen-bond acceptors (Lipinski definition) is 2. The number of rotatable bonds is 3. The fraction of sp³-hybridized carbons (Fsp3) is 0.333. The summed E-state index contributed by atoms with van der Waals surface area (Å²) in [4.78, 5) is 2.54. The van der Waals surface area contributed by atoms with Gasteiger partial charge in [-0.1, -0.05) is 48.5 Å². The minimum atomic E-state index is 0.626. The van der Waals surface area contributed by atoms with E-state index >= 15 is 0 Å². The van der Waals surface area contributed by atoms with Gasteiger partial charge in [-0.2, -0.15) is 0 Å². The molecule has 104 valence electrons. The molecule has 0 fully saturated rings. The third-order valence-electron chi connectivity index (χ3n) is 4.17. The standard InChI is InChI=1S/C18H22N2/c19-12-16-7-2-4-9-18(16)14-20-11-5-10-15-6-1-3-8-17(15)13-20/h1-4,6-9H,5,10-14,19H2. The molecule has 0 unspecified atom stereocenters. The normalized spacial score (nSPS) is 15.7. The first-order valence-electron chi connectivity index (χ1n) is 7.43. The maximum absolute atomic E-state index is 5.84. The molecular formula is C18H22N2. The van der Waals surface area contributed by atoms with E-state index in [-0.39, 0.29) is 0 Å². The van der Waals surface area contributed by atoms with Crippen LogP contribution in [0.4, 0.5) is 0 Å². The average Bonchev–Trinajstić information content (AvgIpc) is 2.69. The van der Waals surface area contributed by atoms with Gasteiger partial charge in [0.1, 0.15) is 0 Å². The molecule has 0 saturated heterocycles. The maximum Gasteiger partial charge on any atom is 0.0240 e. The average molecular weight is 266 g/mol. The Morgan fingerprint density at radius 3 is 2.40 bits per heavy atom. The molecule has 1 aliphatic rings. The van der Waals surface area contributed by atoms with E-state index in [1.165, 1.54) is 35.1 Å². The summed E-state index contributed by atoms with van der Waals surface area (Å²) >= 11 is 0. The van der Waals surface area contributed by atoms with Gasteiger partial charge in [0.05, 0.1) is 0 Å². The Balaban J connectivity index is 1.78. The lowest BCUT2D eigenvalue weighted by Gasteiger charge is -2.22. The topological polar surface area (TPSA) is 29.3 Å². The fourth-order valence-electron chi connectivity index (χ4n) is 3.06. The number of nitrogens with zero attached hydrogens (tertiary/aromatic N) is 1. The summed E-state index contributed by atoms with van der Waals surface area (Å²) in [5, 5.41) is 0. The molecule has 2 nitrogen and oxygen atoms in total. The lowest BCUT2D eigenvalue weighted by molar-refractivity contribution is 0.260. The van der Waals surface area contributed by atoms with Crippen LogP contribution in [0.15, 0.2) is 48.5 Å². The van der Waals surface area contributed by atoms with Gasteiger partial charge in [0.25, 0.3) is 0 Å². The van der Waals surface area contributed by atoms with Crippen molar-refractivity contribution in [2.75, 3.05) is 6.54 Å². The van der Waals surface area contributed by atoms with Gasteiger partial charge in [0.2, 0.25) is 0 Å². The summed E-state index contributed by atoms with van der Waals surface area (Å²) in [5.41, 5.74) is 11.5. The highest BCUT2D eigenvalue weighted by molar-refractivity contribution is 5.29. The first-order valence-corrected chi connectivity index (χ1v) is 7.43. The predicted molar refractivity (Wildman–Crippen MR) is 83.2 cm³/mol. The second-order valence-electron chi connectivity index (χ2n) is 5.56. The molecule has 0 atom stereocenters. The molecular weight excluding hydrogens is 244 g/mol. The summed E-state index contributed by atoms with van der Waals surface area (Å²) < 4.78 is 0. The van der Waals surface area contributed by atoms with Crippen LogP contribution in [-0.2, 0) is 26.1 Å². The van der Waals surface area contributed by atoms with Crippen molar-refractivity contribution in [1.29, 1.82) is 0 Å². The second-order valence-corrected chi connectivity index (χ2v) is 5.56. The Bertz CT molecular complexity index is 577. The molecule has 2 N–H and O–H groups in total. The summed E-state index contributed by atoms with van der Waals surface area (Å²) in [7, 11) is 0. The smallest absolute Gasteiger partial charge is 0.0240 e. The van der Waals surface area contributed by atoms with Crippen molar-refractivity contribution in [3.8, 4) is 0 Å². The van der Waals surface area contributed by atoms with Gasteiger partial charge >= 0.3 is 0 Å². The zero-order valence-electron chi connectivity index (χ0n) is 11.9. The molecule has 0 saturated carbocycles. The predicted octanol–water partition coefficient (Wildman–Crippen LogP) is 3.09. The van der Waals surface area contributed by atoms with Crippen molar-refractivity contribution in [3.05, 3.63) is 70.8 Å². The highest BCUT2D eigenvalue weighted by Gasteiger charge is 2.14. The van der Waals surface area contributed by atoms with Crippen LogP contribution in [0.3, 0.4) is 0 Å². The molecule has 0 aliphatic carbocycles. The zero-order chi connectivity index (χ0) is 13.8. The Kier molecular flexibility index (Phi) is 4.14. The third-order valence-corrected chi connectivity index (χ3v) is 4.17. The SMILES string of the molecule is NCc1ccccc1CN1CCCc2ccccc2C1. The van der Waals surface area contributed by atoms with Crippen LogP contribution in [0.5, 0.6) is 0 Å². The molecule has 0 spiro atoms. The first kappa shape index (κ1) is 13.3. The number of nitrogens with two attached hydrogens (primary N) is 1. The highest BCUT2D eigenvalue weighted by Crippen LogP contribution is 2.21. The summed E-state index contributed by atoms with van der Waals surface area (Å²) in [6.07, 6.45) is 2.44. The molecule has 3 rings (SSSR count). The maximum atomic E-state index is 5.84. The third kappa shape index (κ3) is 2.92. The van der Waals surface area contributed by atoms with Crippen LogP contribution in [0.2, 0.25) is 0 Å². The summed E-state index contributed by atoms with van der Waals surface area (Å²) in [5.74, 6) is 0. The summed E-state index contributed by atoms with van der Waals surface area (Å²) in [6, 6.07) is 17.4. The molecule has 1 aliphatic heterocycles. The monoisotopic (exact) mass is 266 g/mol. The quantitative estimate of drug-likeness (QED) is 0.925. The minimum absolute atomic E-state index is 0.626. The largest absolute Gasteiger partial charge is 0.326 e. The Morgan fingerprint density at radius 1 is 0.900 bits per heavy atom. The van der Waals surface area contributed by atoms with Crippen LogP contribution in [-0.4, -0.2) is 11.4 Å². The summed E-state index contributed by atoms with van der Waals surface area (Å²) in [6.45, 7) is 3.84. The number of hydrogen-bond donors (Lipinski definition) is 1. The van der Waals surface area contributed by atoms with E-state index < -0.39 is 0 Å². The van der Waals surface area contributed by atoms with Crippen LogP contribution >= 0.6 is 0 Å². The first-order chi connectivity index (χ1) is 9.86. The van der Waals surface area contributed by atoms with E-state index in [0.29, 0.717) is 6.54 Å². The molecule has 0 radical (unpaired) electrons. The van der Waals surface area contributed by atoms with Crippen LogP contribution in [0.1, 0.15) is 28.7 Å². The number of fused-ring (bicyclic) bond motifs is 1. The molecule has 20 heavy (non-hydrogen) atoms. The van der Waals surface area contributed by atoms with E-state index in [4.69, 9.17) is 5.73 Å². The Hall–Kier alpha value is -1.64. The van der Waals surface area contributed by atoms with Crippen molar-refractivity contribution in [1.82, 2.24) is 4.90 Å². The van der Waals surface area contributed by atoms with E-state index in [1.54, 1.807) is 0 Å². The Labute approximate surface area is 121 Å². The number of benzene rings is 2. The van der Waals surface area contributed by atoms with Gasteiger partial charge < -0.3 is 5.73 Å². The molecule has 2 aromatic rings. The van der Waals surface area contributed by atoms with Crippen LogP contribution < -0.4 is 5.73 Å². The van der Waals surface area contributed by atoms with Gasteiger partial charge in [0.15, 0.2) is 0 Å². The van der Waals surface area contributed by atoms with Gasteiger partial charge in [-0.15, -0.1) is 0 Å². The second kappa shape index (κ2) is 6.21.